The predicted octanol–water partition coefficient (Wildman–Crippen LogP) is 4.59. The van der Waals surface area contributed by atoms with E-state index in [1.54, 1.807) is 0 Å². The minimum atomic E-state index is 0.0111. The molecule has 1 aliphatic heterocycles. The minimum Gasteiger partial charge on any atom is -0.484 e. The number of piperazine rings is 1. The molecule has 0 spiro atoms. The average molecular weight is 453 g/mol. The van der Waals surface area contributed by atoms with Crippen molar-refractivity contribution in [1.82, 2.24) is 15.1 Å². The van der Waals surface area contributed by atoms with Crippen LogP contribution in [0.1, 0.15) is 12.5 Å². The summed E-state index contributed by atoms with van der Waals surface area (Å²) in [6.07, 6.45) is 0.986. The Balaban J connectivity index is 1.15. The highest BCUT2D eigenvalue weighted by Gasteiger charge is 2.22. The van der Waals surface area contributed by atoms with Gasteiger partial charge in [0.05, 0.1) is 5.69 Å². The number of carbonyl (C=O) groups is 1. The van der Waals surface area contributed by atoms with E-state index < -0.39 is 0 Å². The number of aryl methyl sites for hydroxylation is 1. The van der Waals surface area contributed by atoms with E-state index in [0.29, 0.717) is 13.1 Å². The number of anilines is 1. The van der Waals surface area contributed by atoms with Gasteiger partial charge in [0.25, 0.3) is 5.91 Å². The van der Waals surface area contributed by atoms with Gasteiger partial charge in [0.1, 0.15) is 5.75 Å². The van der Waals surface area contributed by atoms with Crippen LogP contribution in [0, 0.1) is 0 Å². The summed E-state index contributed by atoms with van der Waals surface area (Å²) in [5.74, 6) is 1.58. The zero-order valence-electron chi connectivity index (χ0n) is 19.4. The Hall–Kier alpha value is -3.93. The first-order valence-electron chi connectivity index (χ1n) is 11.8. The number of aromatic nitrogens is 2. The van der Waals surface area contributed by atoms with E-state index in [1.165, 1.54) is 16.3 Å². The maximum atomic E-state index is 12.6. The van der Waals surface area contributed by atoms with Crippen LogP contribution < -0.4 is 9.64 Å². The lowest BCUT2D eigenvalue weighted by Crippen LogP contribution is -2.50. The number of rotatable bonds is 6. The molecular formula is C28H28N4O2. The molecule has 1 aliphatic rings. The first kappa shape index (κ1) is 21.9. The topological polar surface area (TPSA) is 58.6 Å². The van der Waals surface area contributed by atoms with Crippen LogP contribution in [0.2, 0.25) is 0 Å². The second-order valence-electron chi connectivity index (χ2n) is 8.49. The molecular weight excluding hydrogens is 424 g/mol. The van der Waals surface area contributed by atoms with Crippen molar-refractivity contribution in [3.05, 3.63) is 84.4 Å². The molecule has 0 N–H and O–H groups in total. The summed E-state index contributed by atoms with van der Waals surface area (Å²) in [5.41, 5.74) is 3.16. The summed E-state index contributed by atoms with van der Waals surface area (Å²) >= 11 is 0. The summed E-state index contributed by atoms with van der Waals surface area (Å²) in [6.45, 7) is 4.91. The predicted molar refractivity (Wildman–Crippen MR) is 135 cm³/mol. The fraction of sp³-hybridized carbons (Fsp3) is 0.250. The number of hydrogen-bond donors (Lipinski definition) is 0. The smallest absolute Gasteiger partial charge is 0.260 e. The van der Waals surface area contributed by atoms with Crippen LogP contribution in [0.25, 0.3) is 22.0 Å². The van der Waals surface area contributed by atoms with Crippen LogP contribution in [-0.2, 0) is 11.2 Å². The van der Waals surface area contributed by atoms with Gasteiger partial charge in [-0.15, -0.1) is 10.2 Å². The van der Waals surface area contributed by atoms with Crippen LogP contribution in [0.4, 0.5) is 5.82 Å². The normalized spacial score (nSPS) is 13.8. The van der Waals surface area contributed by atoms with Crippen molar-refractivity contribution < 1.29 is 9.53 Å². The molecule has 0 atom stereocenters. The fourth-order valence-electron chi connectivity index (χ4n) is 4.24. The van der Waals surface area contributed by atoms with Gasteiger partial charge in [-0.05, 0) is 53.1 Å². The second-order valence-corrected chi connectivity index (χ2v) is 8.49. The van der Waals surface area contributed by atoms with Gasteiger partial charge < -0.3 is 14.5 Å². The Labute approximate surface area is 199 Å². The lowest BCUT2D eigenvalue weighted by atomic mass is 10.1. The number of carbonyl (C=O) groups excluding carboxylic acids is 1. The molecule has 172 valence electrons. The molecule has 6 heteroatoms. The molecule has 4 aromatic rings. The van der Waals surface area contributed by atoms with Gasteiger partial charge in [-0.25, -0.2) is 0 Å². The zero-order valence-corrected chi connectivity index (χ0v) is 19.4. The highest BCUT2D eigenvalue weighted by Crippen LogP contribution is 2.24. The summed E-state index contributed by atoms with van der Waals surface area (Å²) < 4.78 is 5.69. The maximum Gasteiger partial charge on any atom is 0.260 e. The molecule has 0 radical (unpaired) electrons. The highest BCUT2D eigenvalue weighted by molar-refractivity contribution is 5.86. The Morgan fingerprint density at radius 1 is 0.853 bits per heavy atom. The molecule has 1 saturated heterocycles. The van der Waals surface area contributed by atoms with Gasteiger partial charge in [0.2, 0.25) is 0 Å². The maximum absolute atomic E-state index is 12.6. The third-order valence-corrected chi connectivity index (χ3v) is 6.35. The molecule has 34 heavy (non-hydrogen) atoms. The van der Waals surface area contributed by atoms with Crippen molar-refractivity contribution in [2.45, 2.75) is 13.3 Å². The van der Waals surface area contributed by atoms with E-state index in [2.05, 4.69) is 52.4 Å². The van der Waals surface area contributed by atoms with Gasteiger partial charge in [0.15, 0.2) is 12.4 Å². The SMILES string of the molecule is CCc1ccc(OCC(=O)N2CCN(c3ccc(-c4ccc5ccccc5c4)nn3)CC2)cc1. The standard InChI is InChI=1S/C28H28N4O2/c1-2-21-7-11-25(12-8-21)34-20-28(33)32-17-15-31(16-18-32)27-14-13-26(29-30-27)24-10-9-22-5-3-4-6-23(22)19-24/h3-14,19H,2,15-18,20H2,1H3. The van der Waals surface area contributed by atoms with Crippen molar-refractivity contribution in [2.75, 3.05) is 37.7 Å². The molecule has 0 bridgehead atoms. The average Bonchev–Trinajstić information content (AvgIpc) is 2.92. The number of hydrogen-bond acceptors (Lipinski definition) is 5. The summed E-state index contributed by atoms with van der Waals surface area (Å²) in [6, 6.07) is 26.6. The van der Waals surface area contributed by atoms with Gasteiger partial charge in [-0.2, -0.15) is 0 Å². The van der Waals surface area contributed by atoms with E-state index >= 15 is 0 Å². The monoisotopic (exact) mass is 452 g/mol. The molecule has 6 nitrogen and oxygen atoms in total. The third-order valence-electron chi connectivity index (χ3n) is 6.35. The molecule has 3 aromatic carbocycles. The van der Waals surface area contributed by atoms with Gasteiger partial charge in [-0.1, -0.05) is 55.5 Å². The summed E-state index contributed by atoms with van der Waals surface area (Å²) in [7, 11) is 0. The first-order valence-corrected chi connectivity index (χ1v) is 11.8. The van der Waals surface area contributed by atoms with E-state index in [1.807, 2.05) is 53.4 Å². The lowest BCUT2D eigenvalue weighted by molar-refractivity contribution is -0.133. The largest absolute Gasteiger partial charge is 0.484 e. The number of benzene rings is 3. The van der Waals surface area contributed by atoms with Crippen LogP contribution in [-0.4, -0.2) is 53.8 Å². The molecule has 1 aromatic heterocycles. The molecule has 5 rings (SSSR count). The molecule has 2 heterocycles. The Bertz CT molecular complexity index is 1260. The molecule has 0 aliphatic carbocycles. The van der Waals surface area contributed by atoms with Crippen LogP contribution in [0.5, 0.6) is 5.75 Å². The van der Waals surface area contributed by atoms with E-state index in [9.17, 15) is 4.79 Å². The number of nitrogens with zero attached hydrogens (tertiary/aromatic N) is 4. The van der Waals surface area contributed by atoms with Crippen LogP contribution in [0.3, 0.4) is 0 Å². The van der Waals surface area contributed by atoms with Crippen molar-refractivity contribution in [3.8, 4) is 17.0 Å². The lowest BCUT2D eigenvalue weighted by Gasteiger charge is -2.35. The Kier molecular flexibility index (Phi) is 6.38. The minimum absolute atomic E-state index is 0.0111. The third kappa shape index (κ3) is 4.86. The number of fused-ring (bicyclic) bond motifs is 1. The van der Waals surface area contributed by atoms with Crippen molar-refractivity contribution in [2.24, 2.45) is 0 Å². The molecule has 0 saturated carbocycles. The van der Waals surface area contributed by atoms with Crippen LogP contribution >= 0.6 is 0 Å². The van der Waals surface area contributed by atoms with Gasteiger partial charge in [-0.3, -0.25) is 4.79 Å². The van der Waals surface area contributed by atoms with E-state index in [4.69, 9.17) is 4.74 Å². The molecule has 0 unspecified atom stereocenters. The van der Waals surface area contributed by atoms with Crippen molar-refractivity contribution in [3.63, 3.8) is 0 Å². The fourth-order valence-corrected chi connectivity index (χ4v) is 4.24. The molecule has 1 fully saturated rings. The van der Waals surface area contributed by atoms with Crippen LogP contribution in [0.15, 0.2) is 78.9 Å². The highest BCUT2D eigenvalue weighted by atomic mass is 16.5. The second kappa shape index (κ2) is 9.91. The Morgan fingerprint density at radius 3 is 2.32 bits per heavy atom. The Morgan fingerprint density at radius 2 is 1.62 bits per heavy atom. The summed E-state index contributed by atoms with van der Waals surface area (Å²) in [4.78, 5) is 16.6. The van der Waals surface area contributed by atoms with Gasteiger partial charge in [0, 0.05) is 31.7 Å². The van der Waals surface area contributed by atoms with Gasteiger partial charge >= 0.3 is 0 Å². The van der Waals surface area contributed by atoms with Crippen molar-refractivity contribution >= 4 is 22.5 Å². The summed E-state index contributed by atoms with van der Waals surface area (Å²) in [5, 5.41) is 11.3. The first-order chi connectivity index (χ1) is 16.7. The number of amides is 1. The van der Waals surface area contributed by atoms with Crippen molar-refractivity contribution in [1.29, 1.82) is 0 Å². The van der Waals surface area contributed by atoms with E-state index in [0.717, 1.165) is 42.3 Å². The zero-order chi connectivity index (χ0) is 23.3. The number of ether oxygens (including phenoxy) is 1. The quantitative estimate of drug-likeness (QED) is 0.428. The molecule has 1 amide bonds. The van der Waals surface area contributed by atoms with E-state index in [-0.39, 0.29) is 12.5 Å².